The number of hydrogen-bond acceptors (Lipinski definition) is 4. The van der Waals surface area contributed by atoms with Gasteiger partial charge in [0.2, 0.25) is 5.91 Å². The summed E-state index contributed by atoms with van der Waals surface area (Å²) < 4.78 is 16.2. The molecule has 1 fully saturated rings. The highest BCUT2D eigenvalue weighted by Gasteiger charge is 2.20. The van der Waals surface area contributed by atoms with Gasteiger partial charge in [0.05, 0.1) is 11.3 Å². The summed E-state index contributed by atoms with van der Waals surface area (Å²) in [6, 6.07) is 6.60. The van der Waals surface area contributed by atoms with Crippen LogP contribution in [0.15, 0.2) is 29.4 Å². The minimum atomic E-state index is -0.313. The lowest BCUT2D eigenvalue weighted by Crippen LogP contribution is -2.33. The molecule has 5 nitrogen and oxygen atoms in total. The van der Waals surface area contributed by atoms with Crippen LogP contribution in [-0.4, -0.2) is 44.4 Å². The van der Waals surface area contributed by atoms with Crippen molar-refractivity contribution < 1.29 is 9.18 Å². The summed E-state index contributed by atoms with van der Waals surface area (Å²) in [6.45, 7) is 6.57. The van der Waals surface area contributed by atoms with Gasteiger partial charge in [-0.2, -0.15) is 0 Å². The summed E-state index contributed by atoms with van der Waals surface area (Å²) in [6.07, 6.45) is 4.56. The van der Waals surface area contributed by atoms with Gasteiger partial charge >= 0.3 is 0 Å². The maximum absolute atomic E-state index is 14.2. The first kappa shape index (κ1) is 19.9. The summed E-state index contributed by atoms with van der Waals surface area (Å²) in [7, 11) is 0. The molecular weight excluding hydrogens is 363 g/mol. The van der Waals surface area contributed by atoms with Gasteiger partial charge < -0.3 is 9.47 Å². The molecule has 27 heavy (non-hydrogen) atoms. The molecule has 1 amide bonds. The van der Waals surface area contributed by atoms with Crippen LogP contribution in [0.25, 0.3) is 11.4 Å². The normalized spacial score (nSPS) is 15.2. The largest absolute Gasteiger partial charge is 0.342 e. The number of benzene rings is 1. The number of thioether (sulfide) groups is 1. The highest BCUT2D eigenvalue weighted by Crippen LogP contribution is 2.27. The van der Waals surface area contributed by atoms with Crippen LogP contribution in [0.4, 0.5) is 4.39 Å². The van der Waals surface area contributed by atoms with Gasteiger partial charge in [-0.1, -0.05) is 50.6 Å². The molecule has 2 heterocycles. The predicted molar refractivity (Wildman–Crippen MR) is 106 cm³/mol. The molecular formula is C20H27FN4OS. The van der Waals surface area contributed by atoms with Gasteiger partial charge in [0.25, 0.3) is 0 Å². The Bertz CT molecular complexity index is 769. The van der Waals surface area contributed by atoms with Gasteiger partial charge in [-0.05, 0) is 30.9 Å². The van der Waals surface area contributed by atoms with Gasteiger partial charge in [0.15, 0.2) is 11.0 Å². The maximum atomic E-state index is 14.2. The molecule has 0 radical (unpaired) electrons. The number of amides is 1. The van der Waals surface area contributed by atoms with E-state index in [0.717, 1.165) is 25.9 Å². The smallest absolute Gasteiger partial charge is 0.233 e. The molecule has 0 bridgehead atoms. The Hall–Kier alpha value is -1.89. The predicted octanol–water partition coefficient (Wildman–Crippen LogP) is 4.23. The Labute approximate surface area is 164 Å². The molecule has 0 spiro atoms. The van der Waals surface area contributed by atoms with Crippen LogP contribution < -0.4 is 0 Å². The fourth-order valence-electron chi connectivity index (χ4n) is 3.30. The van der Waals surface area contributed by atoms with E-state index in [-0.39, 0.29) is 11.7 Å². The van der Waals surface area contributed by atoms with Gasteiger partial charge in [-0.25, -0.2) is 4.39 Å². The zero-order valence-electron chi connectivity index (χ0n) is 16.0. The van der Waals surface area contributed by atoms with Gasteiger partial charge in [-0.3, -0.25) is 4.79 Å². The van der Waals surface area contributed by atoms with E-state index in [0.29, 0.717) is 34.8 Å². The molecule has 7 heteroatoms. The Morgan fingerprint density at radius 1 is 1.15 bits per heavy atom. The number of carbonyl (C=O) groups excluding carboxylic acids is 1. The summed E-state index contributed by atoms with van der Waals surface area (Å²) in [5.41, 5.74) is 0.441. The van der Waals surface area contributed by atoms with Crippen molar-refractivity contribution in [1.82, 2.24) is 19.7 Å². The van der Waals surface area contributed by atoms with Crippen molar-refractivity contribution in [2.45, 2.75) is 51.2 Å². The molecule has 1 aliphatic heterocycles. The molecule has 0 N–H and O–H groups in total. The summed E-state index contributed by atoms with van der Waals surface area (Å²) in [5.74, 6) is 1.05. The average molecular weight is 391 g/mol. The third-order valence-electron chi connectivity index (χ3n) is 4.66. The lowest BCUT2D eigenvalue weighted by molar-refractivity contribution is -0.128. The van der Waals surface area contributed by atoms with Crippen LogP contribution >= 0.6 is 11.8 Å². The van der Waals surface area contributed by atoms with Gasteiger partial charge in [0.1, 0.15) is 5.82 Å². The summed E-state index contributed by atoms with van der Waals surface area (Å²) >= 11 is 1.39. The lowest BCUT2D eigenvalue weighted by Gasteiger charge is -2.20. The number of likely N-dealkylation sites (tertiary alicyclic amines) is 1. The van der Waals surface area contributed by atoms with Crippen LogP contribution in [0.1, 0.15) is 39.5 Å². The molecule has 0 atom stereocenters. The zero-order valence-corrected chi connectivity index (χ0v) is 16.8. The molecule has 1 aromatic carbocycles. The fraction of sp³-hybridized carbons (Fsp3) is 0.550. The molecule has 0 saturated carbocycles. The molecule has 0 aliphatic carbocycles. The van der Waals surface area contributed by atoms with Crippen molar-refractivity contribution in [2.75, 3.05) is 18.8 Å². The Morgan fingerprint density at radius 3 is 2.52 bits per heavy atom. The van der Waals surface area contributed by atoms with Gasteiger partial charge in [0, 0.05) is 19.6 Å². The Balaban J connectivity index is 1.77. The van der Waals surface area contributed by atoms with Crippen LogP contribution in [-0.2, 0) is 11.3 Å². The van der Waals surface area contributed by atoms with E-state index >= 15 is 0 Å². The molecule has 1 aliphatic rings. The van der Waals surface area contributed by atoms with E-state index in [1.807, 2.05) is 9.47 Å². The number of rotatable bonds is 6. The van der Waals surface area contributed by atoms with E-state index in [1.165, 1.54) is 30.7 Å². The lowest BCUT2D eigenvalue weighted by atomic mass is 10.2. The van der Waals surface area contributed by atoms with Crippen LogP contribution in [0.5, 0.6) is 0 Å². The zero-order chi connectivity index (χ0) is 19.2. The number of nitrogens with zero attached hydrogens (tertiary/aromatic N) is 4. The molecule has 1 aromatic heterocycles. The third-order valence-corrected chi connectivity index (χ3v) is 5.61. The highest BCUT2D eigenvalue weighted by molar-refractivity contribution is 7.99. The number of hydrogen-bond donors (Lipinski definition) is 0. The summed E-state index contributed by atoms with van der Waals surface area (Å²) in [5, 5.41) is 9.17. The van der Waals surface area contributed by atoms with Crippen molar-refractivity contribution in [1.29, 1.82) is 0 Å². The van der Waals surface area contributed by atoms with E-state index in [9.17, 15) is 9.18 Å². The van der Waals surface area contributed by atoms with Crippen LogP contribution in [0.2, 0.25) is 0 Å². The van der Waals surface area contributed by atoms with E-state index in [4.69, 9.17) is 0 Å². The van der Waals surface area contributed by atoms with Crippen molar-refractivity contribution in [2.24, 2.45) is 5.92 Å². The maximum Gasteiger partial charge on any atom is 0.233 e. The minimum Gasteiger partial charge on any atom is -0.342 e. The van der Waals surface area contributed by atoms with Crippen LogP contribution in [0.3, 0.4) is 0 Å². The van der Waals surface area contributed by atoms with E-state index in [1.54, 1.807) is 18.2 Å². The second kappa shape index (κ2) is 9.35. The monoisotopic (exact) mass is 390 g/mol. The fourth-order valence-corrected chi connectivity index (χ4v) is 4.16. The molecule has 0 unspecified atom stereocenters. The molecule has 2 aromatic rings. The van der Waals surface area contributed by atoms with Crippen molar-refractivity contribution in [3.8, 4) is 11.4 Å². The van der Waals surface area contributed by atoms with Crippen LogP contribution in [0, 0.1) is 11.7 Å². The molecule has 3 rings (SSSR count). The third kappa shape index (κ3) is 5.09. The number of halogens is 1. The quantitative estimate of drug-likeness (QED) is 0.693. The molecule has 146 valence electrons. The average Bonchev–Trinajstić information content (AvgIpc) is 2.84. The topological polar surface area (TPSA) is 51.0 Å². The van der Waals surface area contributed by atoms with Gasteiger partial charge in [-0.15, -0.1) is 10.2 Å². The van der Waals surface area contributed by atoms with Crippen molar-refractivity contribution in [3.63, 3.8) is 0 Å². The van der Waals surface area contributed by atoms with Crippen molar-refractivity contribution in [3.05, 3.63) is 30.1 Å². The molecule has 1 saturated heterocycles. The highest BCUT2D eigenvalue weighted by atomic mass is 32.2. The first-order valence-corrected chi connectivity index (χ1v) is 10.6. The first-order chi connectivity index (χ1) is 13.1. The Morgan fingerprint density at radius 2 is 1.85 bits per heavy atom. The Kier molecular flexibility index (Phi) is 6.88. The minimum absolute atomic E-state index is 0.147. The SMILES string of the molecule is CC(C)Cn1c(SCC(=O)N2CCCCCC2)nnc1-c1ccccc1F. The van der Waals surface area contributed by atoms with Crippen molar-refractivity contribution >= 4 is 17.7 Å². The number of aromatic nitrogens is 3. The summed E-state index contributed by atoms with van der Waals surface area (Å²) in [4.78, 5) is 14.5. The first-order valence-electron chi connectivity index (χ1n) is 9.65. The second-order valence-electron chi connectivity index (χ2n) is 7.37. The van der Waals surface area contributed by atoms with E-state index < -0.39 is 0 Å². The van der Waals surface area contributed by atoms with E-state index in [2.05, 4.69) is 24.0 Å². The number of carbonyl (C=O) groups is 1. The standard InChI is InChI=1S/C20H27FN4OS/c1-15(2)13-25-19(16-9-5-6-10-17(16)21)22-23-20(25)27-14-18(26)24-11-7-3-4-8-12-24/h5-6,9-10,15H,3-4,7-8,11-14H2,1-2H3. The second-order valence-corrected chi connectivity index (χ2v) is 8.32.